The van der Waals surface area contributed by atoms with Gasteiger partial charge in [0.2, 0.25) is 11.8 Å². The van der Waals surface area contributed by atoms with Crippen molar-refractivity contribution < 1.29 is 28.7 Å². The third-order valence-electron chi connectivity index (χ3n) is 5.71. The first kappa shape index (κ1) is 31.1. The summed E-state index contributed by atoms with van der Waals surface area (Å²) < 4.78 is 10.1. The van der Waals surface area contributed by atoms with Crippen molar-refractivity contribution in [1.82, 2.24) is 15.5 Å². The van der Waals surface area contributed by atoms with Crippen molar-refractivity contribution in [2.45, 2.75) is 64.8 Å². The summed E-state index contributed by atoms with van der Waals surface area (Å²) in [7, 11) is 1.22. The van der Waals surface area contributed by atoms with E-state index in [0.29, 0.717) is 5.56 Å². The molecule has 2 atom stereocenters. The van der Waals surface area contributed by atoms with Crippen LogP contribution in [-0.2, 0) is 30.3 Å². The number of benzene rings is 2. The molecule has 0 bridgehead atoms. The molecule has 0 spiro atoms. The van der Waals surface area contributed by atoms with Crippen molar-refractivity contribution in [2.75, 3.05) is 13.7 Å². The Balaban J connectivity index is 2.55. The van der Waals surface area contributed by atoms with E-state index in [9.17, 15) is 19.2 Å². The average molecular weight is 538 g/mol. The minimum Gasteiger partial charge on any atom is -0.468 e. The second-order valence-electron chi connectivity index (χ2n) is 10.3. The zero-order valence-corrected chi connectivity index (χ0v) is 23.5. The topological polar surface area (TPSA) is 114 Å². The fourth-order valence-electron chi connectivity index (χ4n) is 3.98. The quantitative estimate of drug-likeness (QED) is 0.419. The lowest BCUT2D eigenvalue weighted by molar-refractivity contribution is -0.146. The van der Waals surface area contributed by atoms with E-state index in [1.165, 1.54) is 12.0 Å². The summed E-state index contributed by atoms with van der Waals surface area (Å²) in [6.07, 6.45) is 1.06. The second kappa shape index (κ2) is 14.1. The monoisotopic (exact) mass is 537 g/mol. The number of nitrogens with zero attached hydrogens (tertiary/aromatic N) is 1. The van der Waals surface area contributed by atoms with Gasteiger partial charge in [0.15, 0.2) is 0 Å². The van der Waals surface area contributed by atoms with Gasteiger partial charge in [0.1, 0.15) is 24.2 Å². The van der Waals surface area contributed by atoms with Crippen LogP contribution < -0.4 is 10.6 Å². The largest absolute Gasteiger partial charge is 0.468 e. The van der Waals surface area contributed by atoms with Crippen LogP contribution in [0.25, 0.3) is 6.08 Å². The number of hydrogen-bond acceptors (Lipinski definition) is 6. The first-order chi connectivity index (χ1) is 18.4. The van der Waals surface area contributed by atoms with Gasteiger partial charge in [0.25, 0.3) is 0 Å². The number of nitrogens with one attached hydrogen (secondary N) is 2. The predicted octanol–water partition coefficient (Wildman–Crippen LogP) is 4.03. The zero-order chi connectivity index (χ0) is 29.2. The molecular weight excluding hydrogens is 498 g/mol. The number of esters is 1. The number of carbonyl (C=O) groups excluding carboxylic acids is 4. The van der Waals surface area contributed by atoms with Gasteiger partial charge in [-0.1, -0.05) is 61.2 Å². The Kier molecular flexibility index (Phi) is 11.3. The van der Waals surface area contributed by atoms with Crippen molar-refractivity contribution >= 4 is 30.0 Å². The lowest BCUT2D eigenvalue weighted by atomic mass is 9.97. The SMILES string of the molecule is C=Cc1cccc(C(C(=O)NCC(=O)OC)N(C(=O)C(Cc2ccccc2)NC(=O)OC(C)(C)C)C(C)C)c1. The van der Waals surface area contributed by atoms with Crippen LogP contribution in [0.1, 0.15) is 57.4 Å². The molecule has 0 radical (unpaired) electrons. The van der Waals surface area contributed by atoms with E-state index in [2.05, 4.69) is 21.9 Å². The van der Waals surface area contributed by atoms with E-state index >= 15 is 0 Å². The summed E-state index contributed by atoms with van der Waals surface area (Å²) in [6.45, 7) is 12.2. The van der Waals surface area contributed by atoms with Crippen LogP contribution in [0.3, 0.4) is 0 Å². The van der Waals surface area contributed by atoms with Crippen LogP contribution in [-0.4, -0.2) is 60.1 Å². The van der Waals surface area contributed by atoms with Crippen molar-refractivity contribution in [2.24, 2.45) is 0 Å². The van der Waals surface area contributed by atoms with E-state index in [-0.39, 0.29) is 13.0 Å². The molecular formula is C30H39N3O6. The lowest BCUT2D eigenvalue weighted by Gasteiger charge is -2.37. The Morgan fingerprint density at radius 1 is 1.03 bits per heavy atom. The molecule has 39 heavy (non-hydrogen) atoms. The first-order valence-corrected chi connectivity index (χ1v) is 12.8. The van der Waals surface area contributed by atoms with Gasteiger partial charge in [0.05, 0.1) is 7.11 Å². The molecule has 0 aromatic heterocycles. The number of hydrogen-bond donors (Lipinski definition) is 2. The Morgan fingerprint density at radius 2 is 1.69 bits per heavy atom. The van der Waals surface area contributed by atoms with Gasteiger partial charge >= 0.3 is 12.1 Å². The molecule has 0 aliphatic carbocycles. The zero-order valence-electron chi connectivity index (χ0n) is 23.5. The van der Waals surface area contributed by atoms with Gasteiger partial charge in [-0.2, -0.15) is 0 Å². The van der Waals surface area contributed by atoms with E-state index in [1.807, 2.05) is 36.4 Å². The van der Waals surface area contributed by atoms with Gasteiger partial charge in [-0.25, -0.2) is 4.79 Å². The highest BCUT2D eigenvalue weighted by molar-refractivity contribution is 5.93. The molecule has 0 heterocycles. The molecule has 2 unspecified atom stereocenters. The summed E-state index contributed by atoms with van der Waals surface area (Å²) in [5.74, 6) is -1.68. The Bertz CT molecular complexity index is 1160. The van der Waals surface area contributed by atoms with Crippen LogP contribution >= 0.6 is 0 Å². The number of amides is 3. The summed E-state index contributed by atoms with van der Waals surface area (Å²) in [6, 6.07) is 13.7. The van der Waals surface area contributed by atoms with Crippen LogP contribution in [0.2, 0.25) is 0 Å². The van der Waals surface area contributed by atoms with Crippen molar-refractivity contribution in [3.8, 4) is 0 Å². The lowest BCUT2D eigenvalue weighted by Crippen LogP contribution is -2.56. The summed E-state index contributed by atoms with van der Waals surface area (Å²) >= 11 is 0. The van der Waals surface area contributed by atoms with Crippen LogP contribution in [0, 0.1) is 0 Å². The van der Waals surface area contributed by atoms with Gasteiger partial charge in [-0.05, 0) is 57.4 Å². The fraction of sp³-hybridized carbons (Fsp3) is 0.400. The Morgan fingerprint density at radius 3 is 2.26 bits per heavy atom. The van der Waals surface area contributed by atoms with Gasteiger partial charge < -0.3 is 25.0 Å². The van der Waals surface area contributed by atoms with E-state index in [4.69, 9.17) is 4.74 Å². The molecule has 2 N–H and O–H groups in total. The van der Waals surface area contributed by atoms with E-state index < -0.39 is 47.6 Å². The first-order valence-electron chi connectivity index (χ1n) is 12.8. The summed E-state index contributed by atoms with van der Waals surface area (Å²) in [5, 5.41) is 5.28. The number of alkyl carbamates (subject to hydrolysis) is 1. The molecule has 9 nitrogen and oxygen atoms in total. The van der Waals surface area contributed by atoms with Crippen LogP contribution in [0.5, 0.6) is 0 Å². The Labute approximate surface area is 230 Å². The molecule has 2 aromatic rings. The molecule has 0 saturated heterocycles. The maximum Gasteiger partial charge on any atom is 0.408 e. The minimum atomic E-state index is -1.11. The highest BCUT2D eigenvalue weighted by Crippen LogP contribution is 2.27. The normalized spacial score (nSPS) is 12.6. The van der Waals surface area contributed by atoms with Gasteiger partial charge in [-0.3, -0.25) is 14.4 Å². The van der Waals surface area contributed by atoms with Gasteiger partial charge in [0, 0.05) is 12.5 Å². The summed E-state index contributed by atoms with van der Waals surface area (Å²) in [5.41, 5.74) is 1.31. The van der Waals surface area contributed by atoms with Crippen LogP contribution in [0.4, 0.5) is 4.79 Å². The molecule has 3 amide bonds. The number of rotatable bonds is 11. The third-order valence-corrected chi connectivity index (χ3v) is 5.71. The number of ether oxygens (including phenoxy) is 2. The second-order valence-corrected chi connectivity index (χ2v) is 10.3. The molecule has 210 valence electrons. The maximum atomic E-state index is 14.2. The van der Waals surface area contributed by atoms with Crippen molar-refractivity contribution in [1.29, 1.82) is 0 Å². The highest BCUT2D eigenvalue weighted by Gasteiger charge is 2.38. The standard InChI is InChI=1S/C30H39N3O6/c1-8-21-15-12-16-23(17-21)26(27(35)31-19-25(34)38-7)33(20(2)3)28(36)24(18-22-13-10-9-11-14-22)32-29(37)39-30(4,5)6/h8-17,20,24,26H,1,18-19H2,2-7H3,(H,31,35)(H,32,37). The van der Waals surface area contributed by atoms with Crippen LogP contribution in [0.15, 0.2) is 61.2 Å². The number of carbonyl (C=O) groups is 4. The smallest absolute Gasteiger partial charge is 0.408 e. The predicted molar refractivity (Wildman–Crippen MR) is 150 cm³/mol. The average Bonchev–Trinajstić information content (AvgIpc) is 2.88. The molecule has 2 aromatic carbocycles. The van der Waals surface area contributed by atoms with E-state index in [0.717, 1.165) is 11.1 Å². The molecule has 0 aliphatic heterocycles. The molecule has 2 rings (SSSR count). The van der Waals surface area contributed by atoms with Crippen molar-refractivity contribution in [3.63, 3.8) is 0 Å². The third kappa shape index (κ3) is 9.59. The molecule has 0 aliphatic rings. The summed E-state index contributed by atoms with van der Waals surface area (Å²) in [4.78, 5) is 53.7. The van der Waals surface area contributed by atoms with Gasteiger partial charge in [-0.15, -0.1) is 0 Å². The number of methoxy groups -OCH3 is 1. The molecule has 9 heteroatoms. The minimum absolute atomic E-state index is 0.172. The molecule has 0 fully saturated rings. The fourth-order valence-corrected chi connectivity index (χ4v) is 3.98. The maximum absolute atomic E-state index is 14.2. The highest BCUT2D eigenvalue weighted by atomic mass is 16.6. The Hall–Kier alpha value is -4.14. The van der Waals surface area contributed by atoms with E-state index in [1.54, 1.807) is 58.9 Å². The molecule has 0 saturated carbocycles. The van der Waals surface area contributed by atoms with Crippen molar-refractivity contribution in [3.05, 3.63) is 77.9 Å².